The first kappa shape index (κ1) is 47.0. The molecule has 5 aromatic rings. The van der Waals surface area contributed by atoms with E-state index in [4.69, 9.17) is 24.0 Å². The van der Waals surface area contributed by atoms with Gasteiger partial charge < -0.3 is 29.7 Å². The van der Waals surface area contributed by atoms with Crippen molar-refractivity contribution in [1.82, 2.24) is 15.2 Å². The van der Waals surface area contributed by atoms with Gasteiger partial charge in [0, 0.05) is 11.1 Å². The van der Waals surface area contributed by atoms with Crippen molar-refractivity contribution < 1.29 is 38.2 Å². The van der Waals surface area contributed by atoms with Gasteiger partial charge >= 0.3 is 11.9 Å². The number of thioether (sulfide) groups is 1. The number of amides is 2. The number of benzene rings is 4. The number of anilines is 1. The Balaban J connectivity index is 1.20. The summed E-state index contributed by atoms with van der Waals surface area (Å²) in [5.41, 5.74) is 0.596. The number of ether oxygens (including phenoxy) is 3. The number of methoxy groups -OCH3 is 1. The van der Waals surface area contributed by atoms with Crippen molar-refractivity contribution in [3.05, 3.63) is 185 Å². The number of esters is 2. The van der Waals surface area contributed by atoms with Crippen LogP contribution in [0.2, 0.25) is 0 Å². The van der Waals surface area contributed by atoms with Gasteiger partial charge in [-0.1, -0.05) is 133 Å². The van der Waals surface area contributed by atoms with E-state index in [2.05, 4.69) is 22.4 Å². The molecule has 1 saturated heterocycles. The topological polar surface area (TPSA) is 158 Å². The number of carbonyl (C=O) groups excluding carboxylic acids is 4. The van der Waals surface area contributed by atoms with E-state index >= 15 is 0 Å². The van der Waals surface area contributed by atoms with Gasteiger partial charge in [-0.25, -0.2) is 14.6 Å². The van der Waals surface area contributed by atoms with Gasteiger partial charge in [0.05, 0.1) is 7.11 Å². The normalized spacial score (nSPS) is 16.5. The van der Waals surface area contributed by atoms with Crippen LogP contribution in [-0.2, 0) is 45.6 Å². The first-order chi connectivity index (χ1) is 31.6. The zero-order valence-electron chi connectivity index (χ0n) is 37.5. The molecule has 1 fully saturated rings. The monoisotopic (exact) mass is 925 g/mol. The minimum Gasteiger partial charge on any atom is -0.497 e. The third kappa shape index (κ3) is 10.3. The Labute approximate surface area is 392 Å². The molecular weight excluding hydrogens is 875 g/mol. The molecule has 0 saturated carbocycles. The third-order valence-corrected chi connectivity index (χ3v) is 12.6. The number of aromatic nitrogens is 1. The molecule has 13 nitrogen and oxygen atoms in total. The maximum Gasteiger partial charge on any atom is 0.355 e. The molecule has 7 rings (SSSR count). The molecule has 2 unspecified atom stereocenters. The number of allylic oxidation sites excluding steroid dienone is 3. The lowest BCUT2D eigenvalue weighted by Crippen LogP contribution is -2.71. The van der Waals surface area contributed by atoms with Crippen molar-refractivity contribution in [3.8, 4) is 5.75 Å². The summed E-state index contributed by atoms with van der Waals surface area (Å²) in [5, 5.41) is 12.2. The Morgan fingerprint density at radius 1 is 0.879 bits per heavy atom. The Morgan fingerprint density at radius 2 is 1.47 bits per heavy atom. The van der Waals surface area contributed by atoms with Gasteiger partial charge in [0.25, 0.3) is 11.8 Å². The van der Waals surface area contributed by atoms with Crippen molar-refractivity contribution in [2.24, 2.45) is 5.16 Å². The summed E-state index contributed by atoms with van der Waals surface area (Å²) in [5.74, 6) is -1.74. The smallest absolute Gasteiger partial charge is 0.355 e. The molecule has 2 aliphatic rings. The lowest BCUT2D eigenvalue weighted by atomic mass is 9.77. The fourth-order valence-electron chi connectivity index (χ4n) is 7.28. The Hall–Kier alpha value is -6.97. The van der Waals surface area contributed by atoms with E-state index in [1.807, 2.05) is 91.0 Å². The average molecular weight is 926 g/mol. The molecular formula is C51H51N5O8S2. The molecule has 0 bridgehead atoms. The van der Waals surface area contributed by atoms with Gasteiger partial charge in [-0.05, 0) is 74.6 Å². The minimum atomic E-state index is -1.64. The largest absolute Gasteiger partial charge is 0.497 e. The van der Waals surface area contributed by atoms with Crippen LogP contribution in [-0.4, -0.2) is 74.8 Å². The van der Waals surface area contributed by atoms with E-state index in [9.17, 15) is 19.2 Å². The number of hydrogen-bond donors (Lipinski definition) is 2. The highest BCUT2D eigenvalue weighted by Gasteiger charge is 2.54. The Morgan fingerprint density at radius 3 is 2.02 bits per heavy atom. The molecule has 15 heteroatoms. The number of oxime groups is 1. The molecule has 2 N–H and O–H groups in total. The maximum atomic E-state index is 14.6. The van der Waals surface area contributed by atoms with Crippen LogP contribution in [0, 0.1) is 0 Å². The summed E-state index contributed by atoms with van der Waals surface area (Å²) in [6.45, 7) is 11.9. The average Bonchev–Trinajstić information content (AvgIpc) is 3.78. The summed E-state index contributed by atoms with van der Waals surface area (Å²) in [7, 11) is 1.56. The van der Waals surface area contributed by atoms with Crippen molar-refractivity contribution in [2.75, 3.05) is 18.2 Å². The second-order valence-electron chi connectivity index (χ2n) is 16.8. The number of fused-ring (bicyclic) bond motifs is 1. The minimum absolute atomic E-state index is 0.0437. The van der Waals surface area contributed by atoms with E-state index in [-0.39, 0.29) is 23.7 Å². The molecule has 3 heterocycles. The molecule has 2 amide bonds. The molecule has 0 radical (unpaired) electrons. The Kier molecular flexibility index (Phi) is 14.3. The molecule has 2 aliphatic heterocycles. The summed E-state index contributed by atoms with van der Waals surface area (Å²) in [4.78, 5) is 67.8. The number of carbonyl (C=O) groups is 4. The fourth-order valence-corrected chi connectivity index (χ4v) is 9.35. The van der Waals surface area contributed by atoms with Gasteiger partial charge in [0.15, 0.2) is 10.8 Å². The molecule has 0 spiro atoms. The quantitative estimate of drug-likeness (QED) is 0.0230. The fraction of sp³-hybridized carbons (Fsp3) is 0.255. The zero-order chi connectivity index (χ0) is 47.1. The van der Waals surface area contributed by atoms with E-state index in [0.717, 1.165) is 22.3 Å². The van der Waals surface area contributed by atoms with E-state index < -0.39 is 51.9 Å². The van der Waals surface area contributed by atoms with Crippen LogP contribution in [0.1, 0.15) is 62.6 Å². The SMILES string of the molecule is C=C/C=C/C1=C(C(=O)OCc2ccc(OC)cc2)N2C(=O)C(NC(=O)/C(=N\OC(C)(C)C(=O)OC(C)(C)C)c3csc(NC(c4ccccc4)(c4ccccc4)c4ccccc4)n3)C2SC1. The summed E-state index contributed by atoms with van der Waals surface area (Å²) < 4.78 is 16.6. The van der Waals surface area contributed by atoms with E-state index in [1.165, 1.54) is 41.8 Å². The van der Waals surface area contributed by atoms with Crippen molar-refractivity contribution in [1.29, 1.82) is 0 Å². The van der Waals surface area contributed by atoms with Gasteiger partial charge in [0.2, 0.25) is 5.60 Å². The number of nitrogens with zero attached hydrogens (tertiary/aromatic N) is 3. The van der Waals surface area contributed by atoms with Crippen LogP contribution >= 0.6 is 23.1 Å². The van der Waals surface area contributed by atoms with Gasteiger partial charge in [-0.3, -0.25) is 14.5 Å². The molecule has 4 aromatic carbocycles. The number of rotatable bonds is 17. The third-order valence-electron chi connectivity index (χ3n) is 10.6. The zero-order valence-corrected chi connectivity index (χ0v) is 39.1. The summed E-state index contributed by atoms with van der Waals surface area (Å²) in [6, 6.07) is 35.9. The first-order valence-electron chi connectivity index (χ1n) is 21.1. The van der Waals surface area contributed by atoms with Gasteiger partial charge in [-0.15, -0.1) is 23.1 Å². The van der Waals surface area contributed by atoms with E-state index in [1.54, 1.807) is 75.8 Å². The summed E-state index contributed by atoms with van der Waals surface area (Å²) >= 11 is 2.61. The molecule has 340 valence electrons. The number of nitrogens with one attached hydrogen (secondary N) is 2. The predicted molar refractivity (Wildman–Crippen MR) is 257 cm³/mol. The Bertz CT molecular complexity index is 2560. The molecule has 2 atom stereocenters. The number of β-lactam (4-membered cyclic amide) rings is 1. The standard InChI is InChI=1S/C51H51N5O8S2/c1-8-9-19-34-31-65-45-41(44(58)56(45)42(34)46(59)62-30-33-26-28-38(61-7)29-27-33)53-43(57)40(55-64-50(5,6)47(60)63-49(2,3)4)39-32-66-48(52-39)54-51(35-20-13-10-14-21-35,36-22-15-11-16-23-36)37-24-17-12-18-25-37/h8-29,32,41,45H,1,30-31H2,2-7H3,(H,52,54)(H,53,57)/b19-9+,55-40-. The first-order valence-corrected chi connectivity index (χ1v) is 23.1. The van der Waals surface area contributed by atoms with E-state index in [0.29, 0.717) is 22.2 Å². The van der Waals surface area contributed by atoms with Crippen LogP contribution in [0.25, 0.3) is 0 Å². The van der Waals surface area contributed by atoms with Crippen LogP contribution in [0.5, 0.6) is 5.75 Å². The van der Waals surface area contributed by atoms with Crippen LogP contribution in [0.3, 0.4) is 0 Å². The van der Waals surface area contributed by atoms with Crippen molar-refractivity contribution in [2.45, 2.75) is 69.4 Å². The van der Waals surface area contributed by atoms with Gasteiger partial charge in [0.1, 0.15) is 46.3 Å². The van der Waals surface area contributed by atoms with Crippen LogP contribution in [0.15, 0.2) is 162 Å². The maximum absolute atomic E-state index is 14.6. The number of thiazole rings is 1. The second-order valence-corrected chi connectivity index (χ2v) is 18.8. The lowest BCUT2D eigenvalue weighted by molar-refractivity contribution is -0.179. The predicted octanol–water partition coefficient (Wildman–Crippen LogP) is 8.54. The molecule has 0 aliphatic carbocycles. The van der Waals surface area contributed by atoms with Gasteiger partial charge in [-0.2, -0.15) is 0 Å². The lowest BCUT2D eigenvalue weighted by Gasteiger charge is -2.49. The summed E-state index contributed by atoms with van der Waals surface area (Å²) in [6.07, 6.45) is 4.96. The highest BCUT2D eigenvalue weighted by molar-refractivity contribution is 8.00. The highest BCUT2D eigenvalue weighted by Crippen LogP contribution is 2.43. The highest BCUT2D eigenvalue weighted by atomic mass is 32.2. The molecule has 66 heavy (non-hydrogen) atoms. The number of hydrogen-bond acceptors (Lipinski definition) is 13. The molecule has 1 aromatic heterocycles. The van der Waals surface area contributed by atoms with Crippen molar-refractivity contribution >= 4 is 57.7 Å². The second kappa shape index (κ2) is 20.0. The van der Waals surface area contributed by atoms with Crippen LogP contribution in [0.4, 0.5) is 5.13 Å². The van der Waals surface area contributed by atoms with Crippen molar-refractivity contribution in [3.63, 3.8) is 0 Å². The van der Waals surface area contributed by atoms with Crippen LogP contribution < -0.4 is 15.4 Å².